The SMILES string of the molecule is C=CC(=O)NC(C)(C)CC(C)(CC)C(=O)O. The van der Waals surface area contributed by atoms with Crippen LogP contribution in [0.2, 0.25) is 0 Å². The van der Waals surface area contributed by atoms with E-state index in [1.807, 2.05) is 20.8 Å². The van der Waals surface area contributed by atoms with Crippen LogP contribution in [0.15, 0.2) is 12.7 Å². The molecule has 0 spiro atoms. The molecule has 1 atom stereocenters. The van der Waals surface area contributed by atoms with Crippen molar-refractivity contribution in [3.8, 4) is 0 Å². The minimum absolute atomic E-state index is 0.283. The van der Waals surface area contributed by atoms with Crippen molar-refractivity contribution >= 4 is 11.9 Å². The van der Waals surface area contributed by atoms with Gasteiger partial charge < -0.3 is 10.4 Å². The molecule has 92 valence electrons. The first kappa shape index (κ1) is 14.7. The quantitative estimate of drug-likeness (QED) is 0.682. The van der Waals surface area contributed by atoms with Gasteiger partial charge in [0, 0.05) is 5.54 Å². The van der Waals surface area contributed by atoms with Crippen molar-refractivity contribution in [2.45, 2.75) is 46.1 Å². The van der Waals surface area contributed by atoms with Gasteiger partial charge in [0.2, 0.25) is 5.91 Å². The van der Waals surface area contributed by atoms with Crippen molar-refractivity contribution < 1.29 is 14.7 Å². The summed E-state index contributed by atoms with van der Waals surface area (Å²) in [5.41, 5.74) is -1.38. The van der Waals surface area contributed by atoms with Crippen LogP contribution in [0.4, 0.5) is 0 Å². The first-order valence-corrected chi connectivity index (χ1v) is 5.35. The molecular formula is C12H21NO3. The lowest BCUT2D eigenvalue weighted by atomic mass is 9.76. The molecule has 0 fully saturated rings. The van der Waals surface area contributed by atoms with Crippen LogP contribution in [0.25, 0.3) is 0 Å². The molecule has 0 saturated heterocycles. The van der Waals surface area contributed by atoms with Gasteiger partial charge in [-0.1, -0.05) is 13.5 Å². The Morgan fingerprint density at radius 3 is 2.19 bits per heavy atom. The Hall–Kier alpha value is -1.32. The number of amides is 1. The minimum atomic E-state index is -0.837. The van der Waals surface area contributed by atoms with Gasteiger partial charge in [-0.2, -0.15) is 0 Å². The van der Waals surface area contributed by atoms with Gasteiger partial charge in [0.15, 0.2) is 0 Å². The predicted molar refractivity (Wildman–Crippen MR) is 63.1 cm³/mol. The van der Waals surface area contributed by atoms with Gasteiger partial charge >= 0.3 is 5.97 Å². The molecule has 0 aliphatic heterocycles. The number of hydrogen-bond donors (Lipinski definition) is 2. The van der Waals surface area contributed by atoms with Gasteiger partial charge in [0.1, 0.15) is 0 Å². The third kappa shape index (κ3) is 4.04. The fourth-order valence-corrected chi connectivity index (χ4v) is 1.76. The van der Waals surface area contributed by atoms with Gasteiger partial charge in [0.25, 0.3) is 0 Å². The number of nitrogens with one attached hydrogen (secondary N) is 1. The molecule has 0 heterocycles. The topological polar surface area (TPSA) is 66.4 Å². The summed E-state index contributed by atoms with van der Waals surface area (Å²) in [6, 6.07) is 0. The molecule has 0 rings (SSSR count). The van der Waals surface area contributed by atoms with E-state index in [0.29, 0.717) is 12.8 Å². The minimum Gasteiger partial charge on any atom is -0.481 e. The average molecular weight is 227 g/mol. The van der Waals surface area contributed by atoms with E-state index >= 15 is 0 Å². The van der Waals surface area contributed by atoms with E-state index in [9.17, 15) is 9.59 Å². The molecule has 0 aromatic carbocycles. The largest absolute Gasteiger partial charge is 0.481 e. The summed E-state index contributed by atoms with van der Waals surface area (Å²) in [6.45, 7) is 10.5. The first-order chi connectivity index (χ1) is 7.17. The second-order valence-corrected chi connectivity index (χ2v) is 4.97. The highest BCUT2D eigenvalue weighted by Crippen LogP contribution is 2.31. The molecule has 1 amide bonds. The lowest BCUT2D eigenvalue weighted by molar-refractivity contribution is -0.149. The molecule has 0 aliphatic carbocycles. The zero-order chi connectivity index (χ0) is 13.0. The highest BCUT2D eigenvalue weighted by molar-refractivity contribution is 5.87. The van der Waals surface area contributed by atoms with Crippen LogP contribution in [-0.4, -0.2) is 22.5 Å². The molecule has 16 heavy (non-hydrogen) atoms. The summed E-state index contributed by atoms with van der Waals surface area (Å²) < 4.78 is 0. The van der Waals surface area contributed by atoms with E-state index in [-0.39, 0.29) is 5.91 Å². The van der Waals surface area contributed by atoms with E-state index in [4.69, 9.17) is 5.11 Å². The third-order valence-corrected chi connectivity index (χ3v) is 2.78. The van der Waals surface area contributed by atoms with Crippen molar-refractivity contribution in [2.75, 3.05) is 0 Å². The van der Waals surface area contributed by atoms with Crippen LogP contribution in [0.5, 0.6) is 0 Å². The monoisotopic (exact) mass is 227 g/mol. The fourth-order valence-electron chi connectivity index (χ4n) is 1.76. The van der Waals surface area contributed by atoms with Crippen LogP contribution < -0.4 is 5.32 Å². The normalized spacial score (nSPS) is 15.0. The van der Waals surface area contributed by atoms with E-state index in [2.05, 4.69) is 11.9 Å². The third-order valence-electron chi connectivity index (χ3n) is 2.78. The lowest BCUT2D eigenvalue weighted by Crippen LogP contribution is -2.47. The summed E-state index contributed by atoms with van der Waals surface area (Å²) in [4.78, 5) is 22.3. The maximum atomic E-state index is 11.2. The van der Waals surface area contributed by atoms with Crippen molar-refractivity contribution in [1.29, 1.82) is 0 Å². The summed E-state index contributed by atoms with van der Waals surface area (Å²) in [6.07, 6.45) is 2.09. The first-order valence-electron chi connectivity index (χ1n) is 5.35. The average Bonchev–Trinajstić information content (AvgIpc) is 2.15. The van der Waals surface area contributed by atoms with Crippen LogP contribution in [-0.2, 0) is 9.59 Å². The highest BCUT2D eigenvalue weighted by Gasteiger charge is 2.37. The van der Waals surface area contributed by atoms with Gasteiger partial charge in [0.05, 0.1) is 5.41 Å². The van der Waals surface area contributed by atoms with Crippen LogP contribution in [0.3, 0.4) is 0 Å². The van der Waals surface area contributed by atoms with E-state index in [1.165, 1.54) is 6.08 Å². The van der Waals surface area contributed by atoms with Crippen LogP contribution in [0, 0.1) is 5.41 Å². The Balaban J connectivity index is 4.73. The fraction of sp³-hybridized carbons (Fsp3) is 0.667. The van der Waals surface area contributed by atoms with Crippen LogP contribution in [0.1, 0.15) is 40.5 Å². The van der Waals surface area contributed by atoms with Crippen molar-refractivity contribution in [3.63, 3.8) is 0 Å². The Morgan fingerprint density at radius 1 is 1.38 bits per heavy atom. The zero-order valence-electron chi connectivity index (χ0n) is 10.5. The Labute approximate surface area is 96.7 Å². The molecule has 4 heteroatoms. The number of carboxylic acid groups (broad SMARTS) is 1. The molecule has 0 aromatic rings. The lowest BCUT2D eigenvalue weighted by Gasteiger charge is -2.34. The summed E-state index contributed by atoms with van der Waals surface area (Å²) in [7, 11) is 0. The molecule has 0 saturated carbocycles. The zero-order valence-corrected chi connectivity index (χ0v) is 10.5. The molecule has 2 N–H and O–H groups in total. The van der Waals surface area contributed by atoms with Gasteiger partial charge in [-0.15, -0.1) is 0 Å². The molecule has 0 aromatic heterocycles. The van der Waals surface area contributed by atoms with Gasteiger partial charge in [-0.05, 0) is 39.7 Å². The Kier molecular flexibility index (Phi) is 4.72. The maximum absolute atomic E-state index is 11.2. The smallest absolute Gasteiger partial charge is 0.309 e. The van der Waals surface area contributed by atoms with E-state index in [1.54, 1.807) is 6.92 Å². The summed E-state index contributed by atoms with van der Waals surface area (Å²) in [5.74, 6) is -1.12. The van der Waals surface area contributed by atoms with Gasteiger partial charge in [-0.3, -0.25) is 9.59 Å². The Bertz CT molecular complexity index is 297. The Morgan fingerprint density at radius 2 is 1.88 bits per heavy atom. The van der Waals surface area contributed by atoms with E-state index < -0.39 is 16.9 Å². The molecule has 0 bridgehead atoms. The maximum Gasteiger partial charge on any atom is 0.309 e. The van der Waals surface area contributed by atoms with Crippen molar-refractivity contribution in [2.24, 2.45) is 5.41 Å². The molecule has 0 radical (unpaired) electrons. The standard InChI is InChI=1S/C12H21NO3/c1-6-9(14)13-11(3,4)8-12(5,7-2)10(15)16/h6H,1,7-8H2,2-5H3,(H,13,14)(H,15,16). The number of rotatable bonds is 6. The number of carboxylic acids is 1. The number of hydrogen-bond acceptors (Lipinski definition) is 2. The second kappa shape index (κ2) is 5.14. The molecule has 1 unspecified atom stereocenters. The molecule has 4 nitrogen and oxygen atoms in total. The van der Waals surface area contributed by atoms with Gasteiger partial charge in [-0.25, -0.2) is 0 Å². The summed E-state index contributed by atoms with van der Waals surface area (Å²) in [5, 5.41) is 11.9. The van der Waals surface area contributed by atoms with Crippen molar-refractivity contribution in [1.82, 2.24) is 5.32 Å². The van der Waals surface area contributed by atoms with Crippen LogP contribution >= 0.6 is 0 Å². The second-order valence-electron chi connectivity index (χ2n) is 4.97. The number of carbonyl (C=O) groups is 2. The predicted octanol–water partition coefficient (Wildman–Crippen LogP) is 1.96. The highest BCUT2D eigenvalue weighted by atomic mass is 16.4. The molecule has 0 aliphatic rings. The molecular weight excluding hydrogens is 206 g/mol. The number of aliphatic carboxylic acids is 1. The van der Waals surface area contributed by atoms with E-state index in [0.717, 1.165) is 0 Å². The van der Waals surface area contributed by atoms with Crippen molar-refractivity contribution in [3.05, 3.63) is 12.7 Å². The number of carbonyl (C=O) groups excluding carboxylic acids is 1. The summed E-state index contributed by atoms with van der Waals surface area (Å²) >= 11 is 0.